The molecule has 604 valence electrons. The van der Waals surface area contributed by atoms with Gasteiger partial charge in [0, 0.05) is 262 Å². The number of amides is 15. The molecule has 8 aromatic rings. The lowest BCUT2D eigenvalue weighted by Crippen LogP contribution is -2.45. The number of benzene rings is 8. The van der Waals surface area contributed by atoms with E-state index in [4.69, 9.17) is 5.73 Å². The number of hydrogen-bond donors (Lipinski definition) is 9. The Bertz CT molecular complexity index is 4390. The molecule has 0 saturated carbocycles. The van der Waals surface area contributed by atoms with Crippen molar-refractivity contribution in [3.8, 4) is 0 Å². The SMILES string of the molecule is NCCNCCC(=O)NCCN(CCC(=O)NCCN(CCC(=O)NCCN1C(=O)c2cccc3cccc(c23)C1=O)CCC(=O)NCCN1C(=O)c2cccc3cccc(c23)C1=O)CCC(=O)NCCN(CCC(=O)NCCN1C(=O)c2cccc3cccc(c23)C1=O)CCC(=O)NCCN1C(=O)c2cccc3cccc(c23)C1=O. The van der Waals surface area contributed by atoms with Gasteiger partial charge in [0.05, 0.1) is 0 Å². The quantitative estimate of drug-likeness (QED) is 0.0196. The number of carbonyl (C=O) groups excluding carboxylic acids is 15. The summed E-state index contributed by atoms with van der Waals surface area (Å²) in [7, 11) is 0. The normalized spacial score (nSPS) is 13.6. The van der Waals surface area contributed by atoms with E-state index in [1.54, 1.807) is 97.1 Å². The second-order valence-electron chi connectivity index (χ2n) is 28.6. The maximum atomic E-state index is 13.7. The van der Waals surface area contributed by atoms with E-state index in [0.29, 0.717) is 85.7 Å². The standard InChI is InChI=1S/C85H94N16O15/c86-32-34-87-33-25-67(102)88-35-48-95(42-26-68(103)89-36-49-96(44-28-70(105)91-38-51-98-78(109)59-17-1-9-55-10-2-18-60(74(55)59)79(98)110)45-29-71(106)92-39-52-99-80(111)61-19-3-11-56-12-4-20-62(75(56)61)81(99)112)43-27-69(104)90-37-50-97(46-30-72(107)93-40-53-100-82(113)63-21-5-13-57-14-6-22-64(76(57)63)83(100)114)47-31-73(108)94-41-54-101-84(115)65-23-7-15-58-16-8-24-66(77(58)65)85(101)116/h1-24,87H,25-54,86H2,(H,88,102)(H,89,103)(H,90,104)(H,91,105)(H,92,106)(H,93,107)(H,94,108). The van der Waals surface area contributed by atoms with Crippen LogP contribution in [-0.4, -0.2) is 273 Å². The molecule has 0 bridgehead atoms. The molecule has 4 aliphatic heterocycles. The van der Waals surface area contributed by atoms with Crippen LogP contribution in [0.25, 0.3) is 43.1 Å². The van der Waals surface area contributed by atoms with Gasteiger partial charge in [0.1, 0.15) is 0 Å². The zero-order valence-electron chi connectivity index (χ0n) is 64.4. The second-order valence-corrected chi connectivity index (χ2v) is 28.6. The molecule has 15 amide bonds. The Labute approximate surface area is 668 Å². The highest BCUT2D eigenvalue weighted by atomic mass is 16.2. The third-order valence-corrected chi connectivity index (χ3v) is 21.1. The summed E-state index contributed by atoms with van der Waals surface area (Å²) in [5.41, 5.74) is 8.68. The van der Waals surface area contributed by atoms with Gasteiger partial charge in [-0.15, -0.1) is 0 Å². The van der Waals surface area contributed by atoms with E-state index >= 15 is 0 Å². The van der Waals surface area contributed by atoms with Crippen LogP contribution < -0.4 is 48.3 Å². The summed E-state index contributed by atoms with van der Waals surface area (Å²) in [4.78, 5) is 213. The van der Waals surface area contributed by atoms with Gasteiger partial charge in [-0.3, -0.25) is 91.5 Å². The summed E-state index contributed by atoms with van der Waals surface area (Å²) in [6.45, 7) is 2.61. The molecule has 0 fully saturated rings. The van der Waals surface area contributed by atoms with Crippen molar-refractivity contribution in [3.63, 3.8) is 0 Å². The fourth-order valence-electron chi connectivity index (χ4n) is 15.0. The summed E-state index contributed by atoms with van der Waals surface area (Å²) in [6.07, 6.45) is -0.157. The maximum absolute atomic E-state index is 13.7. The molecule has 8 aromatic carbocycles. The molecule has 31 heteroatoms. The van der Waals surface area contributed by atoms with Gasteiger partial charge in [0.2, 0.25) is 41.4 Å². The molecule has 10 N–H and O–H groups in total. The van der Waals surface area contributed by atoms with Crippen molar-refractivity contribution < 1.29 is 71.9 Å². The number of rotatable bonds is 44. The van der Waals surface area contributed by atoms with Gasteiger partial charge in [-0.2, -0.15) is 0 Å². The van der Waals surface area contributed by atoms with Gasteiger partial charge in [-0.1, -0.05) is 97.1 Å². The summed E-state index contributed by atoms with van der Waals surface area (Å²) >= 11 is 0. The predicted octanol–water partition coefficient (Wildman–Crippen LogP) is 2.78. The van der Waals surface area contributed by atoms with Crippen molar-refractivity contribution in [2.45, 2.75) is 44.9 Å². The lowest BCUT2D eigenvalue weighted by atomic mass is 9.94. The zero-order valence-corrected chi connectivity index (χ0v) is 64.4. The fourth-order valence-corrected chi connectivity index (χ4v) is 15.0. The van der Waals surface area contributed by atoms with E-state index < -0.39 is 70.9 Å². The predicted molar refractivity (Wildman–Crippen MR) is 432 cm³/mol. The number of imide groups is 4. The fraction of sp³-hybridized carbons (Fsp3) is 0.353. The van der Waals surface area contributed by atoms with Crippen LogP contribution >= 0.6 is 0 Å². The largest absolute Gasteiger partial charge is 0.355 e. The van der Waals surface area contributed by atoms with Crippen molar-refractivity contribution >= 4 is 132 Å². The average Bonchev–Trinajstić information content (AvgIpc) is 0.770. The summed E-state index contributed by atoms with van der Waals surface area (Å²) in [6, 6.07) is 41.9. The van der Waals surface area contributed by atoms with E-state index in [-0.39, 0.29) is 194 Å². The minimum Gasteiger partial charge on any atom is -0.355 e. The highest BCUT2D eigenvalue weighted by molar-refractivity contribution is 6.28. The molecular weight excluding hydrogens is 1490 g/mol. The van der Waals surface area contributed by atoms with E-state index in [2.05, 4.69) is 42.5 Å². The van der Waals surface area contributed by atoms with Crippen molar-refractivity contribution in [2.24, 2.45) is 5.73 Å². The first-order valence-electron chi connectivity index (χ1n) is 39.2. The van der Waals surface area contributed by atoms with E-state index in [1.165, 1.54) is 0 Å². The van der Waals surface area contributed by atoms with Crippen LogP contribution in [0.4, 0.5) is 0 Å². The molecule has 4 aliphatic rings. The number of nitrogens with zero attached hydrogens (tertiary/aromatic N) is 7. The molecule has 0 unspecified atom stereocenters. The monoisotopic (exact) mass is 1580 g/mol. The van der Waals surface area contributed by atoms with Crippen molar-refractivity contribution in [1.82, 2.24) is 76.8 Å². The highest BCUT2D eigenvalue weighted by Gasteiger charge is 2.37. The smallest absolute Gasteiger partial charge is 0.261 e. The topological polar surface area (TPSA) is 401 Å². The Hall–Kier alpha value is -12.6. The lowest BCUT2D eigenvalue weighted by Gasteiger charge is -2.27. The Morgan fingerprint density at radius 1 is 0.241 bits per heavy atom. The molecule has 0 aromatic heterocycles. The van der Waals surface area contributed by atoms with Crippen molar-refractivity contribution in [3.05, 3.63) is 190 Å². The summed E-state index contributed by atoms with van der Waals surface area (Å²) in [5.74, 6) is -6.34. The minimum absolute atomic E-state index is 0.0363. The van der Waals surface area contributed by atoms with Gasteiger partial charge in [-0.25, -0.2) is 0 Å². The molecule has 4 heterocycles. The second kappa shape index (κ2) is 39.5. The van der Waals surface area contributed by atoms with Crippen LogP contribution in [0.2, 0.25) is 0 Å². The van der Waals surface area contributed by atoms with Crippen molar-refractivity contribution in [1.29, 1.82) is 0 Å². The van der Waals surface area contributed by atoms with E-state index in [0.717, 1.165) is 41.1 Å². The number of carbonyl (C=O) groups is 15. The highest BCUT2D eigenvalue weighted by Crippen LogP contribution is 2.34. The number of hydrogen-bond acceptors (Lipinski definition) is 20. The van der Waals surface area contributed by atoms with Gasteiger partial charge >= 0.3 is 0 Å². The zero-order chi connectivity index (χ0) is 81.8. The van der Waals surface area contributed by atoms with Crippen LogP contribution in [0.15, 0.2) is 146 Å². The molecule has 0 aliphatic carbocycles. The van der Waals surface area contributed by atoms with E-state index in [9.17, 15) is 71.9 Å². The first-order valence-corrected chi connectivity index (χ1v) is 39.2. The van der Waals surface area contributed by atoms with Crippen LogP contribution in [0.1, 0.15) is 128 Å². The van der Waals surface area contributed by atoms with Gasteiger partial charge in [-0.05, 0) is 70.1 Å². The Balaban J connectivity index is 0.629. The minimum atomic E-state index is -0.474. The van der Waals surface area contributed by atoms with Crippen LogP contribution in [-0.2, 0) is 33.6 Å². The molecule has 12 rings (SSSR count). The Kier molecular flexibility index (Phi) is 28.2. The molecule has 0 radical (unpaired) electrons. The third kappa shape index (κ3) is 20.1. The molecule has 116 heavy (non-hydrogen) atoms. The van der Waals surface area contributed by atoms with Crippen LogP contribution in [0.5, 0.6) is 0 Å². The first kappa shape index (κ1) is 82.9. The lowest BCUT2D eigenvalue weighted by molar-refractivity contribution is -0.123. The molecule has 0 atom stereocenters. The first-order chi connectivity index (χ1) is 56.3. The summed E-state index contributed by atoms with van der Waals surface area (Å²) in [5, 5.41) is 28.4. The summed E-state index contributed by atoms with van der Waals surface area (Å²) < 4.78 is 0. The van der Waals surface area contributed by atoms with Crippen molar-refractivity contribution in [2.75, 3.05) is 151 Å². The molecule has 0 saturated heterocycles. The van der Waals surface area contributed by atoms with Gasteiger partial charge in [0.25, 0.3) is 47.3 Å². The third-order valence-electron chi connectivity index (χ3n) is 21.1. The van der Waals surface area contributed by atoms with E-state index in [1.807, 2.05) is 63.2 Å². The Morgan fingerprint density at radius 3 is 0.629 bits per heavy atom. The molecular formula is C85H94N16O15. The average molecular weight is 1580 g/mol. The molecule has 31 nitrogen and oxygen atoms in total. The van der Waals surface area contributed by atoms with Crippen LogP contribution in [0, 0.1) is 0 Å². The maximum Gasteiger partial charge on any atom is 0.261 e. The van der Waals surface area contributed by atoms with Crippen LogP contribution in [0.3, 0.4) is 0 Å². The molecule has 0 spiro atoms. The van der Waals surface area contributed by atoms with Gasteiger partial charge in [0.15, 0.2) is 0 Å². The number of nitrogens with one attached hydrogen (secondary N) is 8. The Morgan fingerprint density at radius 2 is 0.431 bits per heavy atom. The number of nitrogens with two attached hydrogens (primary N) is 1. The van der Waals surface area contributed by atoms with Gasteiger partial charge < -0.3 is 63.0 Å².